The molecule has 1 heterocycles. The van der Waals surface area contributed by atoms with Gasteiger partial charge in [0, 0.05) is 18.9 Å². The quantitative estimate of drug-likeness (QED) is 0.702. The number of nitrogens with two attached hydrogens (primary N) is 1. The molecule has 1 rings (SSSR count). The third-order valence-electron chi connectivity index (χ3n) is 2.79. The standard InChI is InChI=1S/C12H23N3/c1-3-5-6-7-8-11(13)12-14-9-10-15(12)4-2/h9-11H,3-8,13H2,1-2H3. The fraction of sp³-hybridized carbons (Fsp3) is 0.750. The molecule has 0 fully saturated rings. The summed E-state index contributed by atoms with van der Waals surface area (Å²) in [6, 6.07) is 0.108. The van der Waals surface area contributed by atoms with Gasteiger partial charge in [0.1, 0.15) is 5.82 Å². The smallest absolute Gasteiger partial charge is 0.125 e. The Hall–Kier alpha value is -0.830. The Kier molecular flexibility index (Phi) is 5.40. The maximum absolute atomic E-state index is 6.11. The lowest BCUT2D eigenvalue weighted by Crippen LogP contribution is -2.16. The average Bonchev–Trinajstić information content (AvgIpc) is 2.72. The number of unbranched alkanes of at least 4 members (excludes halogenated alkanes) is 3. The van der Waals surface area contributed by atoms with E-state index in [4.69, 9.17) is 5.73 Å². The Balaban J connectivity index is 2.36. The number of nitrogens with zero attached hydrogens (tertiary/aromatic N) is 2. The molecule has 0 amide bonds. The minimum atomic E-state index is 0.108. The van der Waals surface area contributed by atoms with E-state index in [2.05, 4.69) is 23.4 Å². The van der Waals surface area contributed by atoms with E-state index in [0.717, 1.165) is 18.8 Å². The minimum Gasteiger partial charge on any atom is -0.334 e. The third kappa shape index (κ3) is 3.67. The van der Waals surface area contributed by atoms with Crippen LogP contribution in [0.3, 0.4) is 0 Å². The summed E-state index contributed by atoms with van der Waals surface area (Å²) in [7, 11) is 0. The van der Waals surface area contributed by atoms with Crippen LogP contribution >= 0.6 is 0 Å². The van der Waals surface area contributed by atoms with Crippen LogP contribution < -0.4 is 5.73 Å². The normalized spacial score (nSPS) is 13.0. The summed E-state index contributed by atoms with van der Waals surface area (Å²) in [6.07, 6.45) is 9.99. The van der Waals surface area contributed by atoms with E-state index in [1.165, 1.54) is 25.7 Å². The molecule has 1 unspecified atom stereocenters. The Labute approximate surface area is 92.7 Å². The summed E-state index contributed by atoms with van der Waals surface area (Å²) >= 11 is 0. The Morgan fingerprint density at radius 1 is 1.33 bits per heavy atom. The van der Waals surface area contributed by atoms with Crippen molar-refractivity contribution in [2.75, 3.05) is 0 Å². The van der Waals surface area contributed by atoms with Gasteiger partial charge in [-0.05, 0) is 13.3 Å². The summed E-state index contributed by atoms with van der Waals surface area (Å²) in [6.45, 7) is 5.30. The summed E-state index contributed by atoms with van der Waals surface area (Å²) in [5.74, 6) is 1.04. The highest BCUT2D eigenvalue weighted by Gasteiger charge is 2.10. The van der Waals surface area contributed by atoms with Crippen molar-refractivity contribution in [2.24, 2.45) is 5.73 Å². The first-order valence-corrected chi connectivity index (χ1v) is 6.06. The predicted molar refractivity (Wildman–Crippen MR) is 63.6 cm³/mol. The molecule has 3 nitrogen and oxygen atoms in total. The summed E-state index contributed by atoms with van der Waals surface area (Å²) in [4.78, 5) is 4.32. The van der Waals surface area contributed by atoms with Crippen molar-refractivity contribution in [3.05, 3.63) is 18.2 Å². The lowest BCUT2D eigenvalue weighted by atomic mass is 10.1. The second kappa shape index (κ2) is 6.62. The van der Waals surface area contributed by atoms with Crippen LogP contribution in [-0.4, -0.2) is 9.55 Å². The lowest BCUT2D eigenvalue weighted by molar-refractivity contribution is 0.524. The first-order chi connectivity index (χ1) is 7.29. The Morgan fingerprint density at radius 3 is 2.80 bits per heavy atom. The SMILES string of the molecule is CCCCCCC(N)c1nccn1CC. The van der Waals surface area contributed by atoms with Gasteiger partial charge in [-0.1, -0.05) is 32.6 Å². The van der Waals surface area contributed by atoms with Gasteiger partial charge in [0.15, 0.2) is 0 Å². The predicted octanol–water partition coefficient (Wildman–Crippen LogP) is 2.87. The van der Waals surface area contributed by atoms with Gasteiger partial charge in [-0.2, -0.15) is 0 Å². The maximum atomic E-state index is 6.11. The molecule has 1 aromatic heterocycles. The average molecular weight is 209 g/mol. The monoisotopic (exact) mass is 209 g/mol. The van der Waals surface area contributed by atoms with Gasteiger partial charge in [-0.3, -0.25) is 0 Å². The van der Waals surface area contributed by atoms with Crippen LogP contribution in [0.15, 0.2) is 12.4 Å². The van der Waals surface area contributed by atoms with E-state index in [9.17, 15) is 0 Å². The molecule has 1 aromatic rings. The van der Waals surface area contributed by atoms with E-state index in [1.807, 2.05) is 12.4 Å². The van der Waals surface area contributed by atoms with E-state index >= 15 is 0 Å². The van der Waals surface area contributed by atoms with Crippen LogP contribution in [0.25, 0.3) is 0 Å². The van der Waals surface area contributed by atoms with Crippen molar-refractivity contribution in [1.82, 2.24) is 9.55 Å². The molecule has 0 aromatic carbocycles. The van der Waals surface area contributed by atoms with Gasteiger partial charge in [0.25, 0.3) is 0 Å². The van der Waals surface area contributed by atoms with Crippen molar-refractivity contribution in [1.29, 1.82) is 0 Å². The van der Waals surface area contributed by atoms with Gasteiger partial charge in [-0.15, -0.1) is 0 Å². The molecule has 0 saturated carbocycles. The van der Waals surface area contributed by atoms with Gasteiger partial charge in [0.05, 0.1) is 6.04 Å². The molecule has 0 aliphatic carbocycles. The largest absolute Gasteiger partial charge is 0.334 e. The van der Waals surface area contributed by atoms with Crippen LogP contribution in [0, 0.1) is 0 Å². The van der Waals surface area contributed by atoms with E-state index in [-0.39, 0.29) is 6.04 Å². The second-order valence-electron chi connectivity index (χ2n) is 4.03. The molecule has 86 valence electrons. The summed E-state index contributed by atoms with van der Waals surface area (Å²) < 4.78 is 2.13. The highest BCUT2D eigenvalue weighted by Crippen LogP contribution is 2.16. The lowest BCUT2D eigenvalue weighted by Gasteiger charge is -2.12. The zero-order chi connectivity index (χ0) is 11.1. The number of imidazole rings is 1. The molecule has 3 heteroatoms. The topological polar surface area (TPSA) is 43.8 Å². The second-order valence-corrected chi connectivity index (χ2v) is 4.03. The Morgan fingerprint density at radius 2 is 2.13 bits per heavy atom. The van der Waals surface area contributed by atoms with E-state index < -0.39 is 0 Å². The van der Waals surface area contributed by atoms with Crippen molar-refractivity contribution in [3.63, 3.8) is 0 Å². The van der Waals surface area contributed by atoms with Crippen molar-refractivity contribution >= 4 is 0 Å². The molecule has 0 aliphatic rings. The molecule has 15 heavy (non-hydrogen) atoms. The molecular weight excluding hydrogens is 186 g/mol. The molecular formula is C12H23N3. The first kappa shape index (κ1) is 12.2. The number of aromatic nitrogens is 2. The van der Waals surface area contributed by atoms with Crippen LogP contribution in [-0.2, 0) is 6.54 Å². The maximum Gasteiger partial charge on any atom is 0.125 e. The van der Waals surface area contributed by atoms with Crippen LogP contribution in [0.1, 0.15) is 57.8 Å². The molecule has 0 radical (unpaired) electrons. The number of hydrogen-bond donors (Lipinski definition) is 1. The summed E-state index contributed by atoms with van der Waals surface area (Å²) in [5.41, 5.74) is 6.11. The van der Waals surface area contributed by atoms with E-state index in [1.54, 1.807) is 0 Å². The molecule has 0 spiro atoms. The zero-order valence-electron chi connectivity index (χ0n) is 9.95. The highest BCUT2D eigenvalue weighted by atomic mass is 15.1. The highest BCUT2D eigenvalue weighted by molar-refractivity contribution is 4.98. The fourth-order valence-corrected chi connectivity index (χ4v) is 1.84. The van der Waals surface area contributed by atoms with Gasteiger partial charge < -0.3 is 10.3 Å². The number of hydrogen-bond acceptors (Lipinski definition) is 2. The zero-order valence-corrected chi connectivity index (χ0v) is 9.95. The van der Waals surface area contributed by atoms with Gasteiger partial charge in [0.2, 0.25) is 0 Å². The molecule has 0 saturated heterocycles. The fourth-order valence-electron chi connectivity index (χ4n) is 1.84. The van der Waals surface area contributed by atoms with Crippen molar-refractivity contribution < 1.29 is 0 Å². The molecule has 0 bridgehead atoms. The van der Waals surface area contributed by atoms with Crippen LogP contribution in [0.2, 0.25) is 0 Å². The molecule has 2 N–H and O–H groups in total. The minimum absolute atomic E-state index is 0.108. The molecule has 0 aliphatic heterocycles. The van der Waals surface area contributed by atoms with Crippen molar-refractivity contribution in [3.8, 4) is 0 Å². The van der Waals surface area contributed by atoms with Crippen molar-refractivity contribution in [2.45, 2.75) is 58.5 Å². The Bertz CT molecular complexity index is 268. The van der Waals surface area contributed by atoms with Gasteiger partial charge >= 0.3 is 0 Å². The number of aryl methyl sites for hydroxylation is 1. The first-order valence-electron chi connectivity index (χ1n) is 6.06. The molecule has 1 atom stereocenters. The van der Waals surface area contributed by atoms with E-state index in [0.29, 0.717) is 0 Å². The van der Waals surface area contributed by atoms with Crippen LogP contribution in [0.4, 0.5) is 0 Å². The van der Waals surface area contributed by atoms with Crippen LogP contribution in [0.5, 0.6) is 0 Å². The number of rotatable bonds is 7. The summed E-state index contributed by atoms with van der Waals surface area (Å²) in [5, 5.41) is 0. The third-order valence-corrected chi connectivity index (χ3v) is 2.79. The van der Waals surface area contributed by atoms with Gasteiger partial charge in [-0.25, -0.2) is 4.98 Å².